The molecular formula is C21H34O5. The van der Waals surface area contributed by atoms with Gasteiger partial charge in [-0.1, -0.05) is 32.1 Å². The first-order valence-corrected chi connectivity index (χ1v) is 9.62. The van der Waals surface area contributed by atoms with E-state index < -0.39 is 16.8 Å². The molecule has 0 spiro atoms. The summed E-state index contributed by atoms with van der Waals surface area (Å²) in [6, 6.07) is 0. The summed E-state index contributed by atoms with van der Waals surface area (Å²) >= 11 is 0. The largest absolute Gasteiger partial charge is 0.466 e. The molecule has 5 heteroatoms. The molecule has 0 radical (unpaired) electrons. The van der Waals surface area contributed by atoms with Crippen molar-refractivity contribution in [2.75, 3.05) is 7.11 Å². The number of ether oxygens (including phenoxy) is 2. The molecule has 148 valence electrons. The van der Waals surface area contributed by atoms with Crippen LogP contribution < -0.4 is 0 Å². The number of hydrogen-bond donors (Lipinski definition) is 2. The molecule has 0 saturated carbocycles. The van der Waals surface area contributed by atoms with Crippen molar-refractivity contribution in [1.82, 2.24) is 0 Å². The van der Waals surface area contributed by atoms with Gasteiger partial charge in [0.25, 0.3) is 0 Å². The molecule has 1 fully saturated rings. The predicted molar refractivity (Wildman–Crippen MR) is 101 cm³/mol. The molecule has 0 unspecified atom stereocenters. The molecule has 5 nitrogen and oxygen atoms in total. The summed E-state index contributed by atoms with van der Waals surface area (Å²) in [5.41, 5.74) is -1.88. The second-order valence-electron chi connectivity index (χ2n) is 8.56. The molecule has 0 aromatic rings. The van der Waals surface area contributed by atoms with E-state index in [2.05, 4.69) is 13.8 Å². The van der Waals surface area contributed by atoms with Crippen molar-refractivity contribution in [3.05, 3.63) is 23.8 Å². The van der Waals surface area contributed by atoms with Crippen LogP contribution >= 0.6 is 0 Å². The van der Waals surface area contributed by atoms with Crippen LogP contribution in [0.15, 0.2) is 23.8 Å². The lowest BCUT2D eigenvalue weighted by Gasteiger charge is -2.49. The van der Waals surface area contributed by atoms with Crippen LogP contribution in [0.25, 0.3) is 0 Å². The van der Waals surface area contributed by atoms with Gasteiger partial charge in [-0.05, 0) is 58.3 Å². The molecule has 2 aliphatic heterocycles. The van der Waals surface area contributed by atoms with Crippen molar-refractivity contribution in [3.8, 4) is 0 Å². The second-order valence-corrected chi connectivity index (χ2v) is 8.56. The molecule has 2 rings (SSSR count). The normalized spacial score (nSPS) is 42.2. The van der Waals surface area contributed by atoms with Crippen molar-refractivity contribution in [1.29, 1.82) is 0 Å². The van der Waals surface area contributed by atoms with Crippen molar-refractivity contribution in [3.63, 3.8) is 0 Å². The number of rotatable bonds is 2. The van der Waals surface area contributed by atoms with Crippen LogP contribution in [0.4, 0.5) is 0 Å². The van der Waals surface area contributed by atoms with E-state index in [1.807, 2.05) is 18.2 Å². The van der Waals surface area contributed by atoms with E-state index in [1.165, 1.54) is 7.11 Å². The molecule has 26 heavy (non-hydrogen) atoms. The number of fused-ring (bicyclic) bond motifs is 2. The Labute approximate surface area is 157 Å². The lowest BCUT2D eigenvalue weighted by Crippen LogP contribution is -2.55. The Bertz CT molecular complexity index is 573. The molecular weight excluding hydrogens is 332 g/mol. The lowest BCUT2D eigenvalue weighted by molar-refractivity contribution is -0.210. The number of allylic oxidation sites excluding steroid dienone is 1. The first-order valence-electron chi connectivity index (χ1n) is 9.62. The van der Waals surface area contributed by atoms with Crippen molar-refractivity contribution in [2.45, 2.75) is 89.1 Å². The molecule has 0 amide bonds. The molecule has 1 saturated heterocycles. The van der Waals surface area contributed by atoms with Crippen LogP contribution in [0, 0.1) is 5.92 Å². The second kappa shape index (κ2) is 7.83. The Morgan fingerprint density at radius 3 is 2.54 bits per heavy atom. The average molecular weight is 366 g/mol. The van der Waals surface area contributed by atoms with Gasteiger partial charge in [0.1, 0.15) is 0 Å². The van der Waals surface area contributed by atoms with Gasteiger partial charge in [0.15, 0.2) is 0 Å². The maximum absolute atomic E-state index is 12.1. The van der Waals surface area contributed by atoms with Crippen molar-refractivity contribution >= 4 is 5.97 Å². The number of methoxy groups -OCH3 is 1. The predicted octanol–water partition coefficient (Wildman–Crippen LogP) is 3.29. The maximum Gasteiger partial charge on any atom is 0.333 e. The summed E-state index contributed by atoms with van der Waals surface area (Å²) in [6.45, 7) is 7.77. The maximum atomic E-state index is 12.1. The first kappa shape index (κ1) is 21.1. The minimum Gasteiger partial charge on any atom is -0.466 e. The molecule has 2 aliphatic rings. The van der Waals surface area contributed by atoms with Crippen LogP contribution in [0.2, 0.25) is 0 Å². The van der Waals surface area contributed by atoms with E-state index >= 15 is 0 Å². The van der Waals surface area contributed by atoms with Gasteiger partial charge in [-0.2, -0.15) is 0 Å². The van der Waals surface area contributed by atoms with Crippen LogP contribution in [0.5, 0.6) is 0 Å². The minimum atomic E-state index is -0.988. The third-order valence-corrected chi connectivity index (χ3v) is 5.94. The molecule has 0 aromatic carbocycles. The molecule has 2 heterocycles. The number of carbonyl (C=O) groups is 1. The van der Waals surface area contributed by atoms with Crippen LogP contribution in [-0.4, -0.2) is 46.2 Å². The van der Waals surface area contributed by atoms with Crippen LogP contribution in [0.3, 0.4) is 0 Å². The Kier molecular flexibility index (Phi) is 6.36. The van der Waals surface area contributed by atoms with Gasteiger partial charge < -0.3 is 19.7 Å². The lowest BCUT2D eigenvalue weighted by atomic mass is 9.75. The van der Waals surface area contributed by atoms with Crippen LogP contribution in [-0.2, 0) is 14.3 Å². The fraction of sp³-hybridized carbons (Fsp3) is 0.762. The Balaban J connectivity index is 2.40. The summed E-state index contributed by atoms with van der Waals surface area (Å²) in [7, 11) is 1.37. The van der Waals surface area contributed by atoms with E-state index in [1.54, 1.807) is 13.8 Å². The molecule has 4 atom stereocenters. The topological polar surface area (TPSA) is 76.0 Å². The molecule has 0 aliphatic carbocycles. The third kappa shape index (κ3) is 4.76. The zero-order valence-electron chi connectivity index (χ0n) is 16.7. The summed E-state index contributed by atoms with van der Waals surface area (Å²) in [4.78, 5) is 12.1. The SMILES string of the molecule is COC(=O)/C1=C/CC[C@](C)(O)/C=C\[C@@]2(C(C)C)CC[C@](C)(O)[C@H](CC1)O2. The van der Waals surface area contributed by atoms with Gasteiger partial charge in [-0.15, -0.1) is 0 Å². The van der Waals surface area contributed by atoms with E-state index in [9.17, 15) is 15.0 Å². The summed E-state index contributed by atoms with van der Waals surface area (Å²) in [6.07, 6.45) is 8.69. The van der Waals surface area contributed by atoms with Crippen molar-refractivity contribution < 1.29 is 24.5 Å². The Hall–Kier alpha value is -1.17. The van der Waals surface area contributed by atoms with Gasteiger partial charge in [0.05, 0.1) is 30.0 Å². The van der Waals surface area contributed by atoms with Gasteiger partial charge in [-0.3, -0.25) is 0 Å². The quantitative estimate of drug-likeness (QED) is 0.579. The fourth-order valence-corrected chi connectivity index (χ4v) is 3.82. The van der Waals surface area contributed by atoms with Gasteiger partial charge in [0.2, 0.25) is 0 Å². The summed E-state index contributed by atoms with van der Waals surface area (Å²) in [5.74, 6) is -0.158. The van der Waals surface area contributed by atoms with Gasteiger partial charge >= 0.3 is 5.97 Å². The highest BCUT2D eigenvalue weighted by Gasteiger charge is 2.47. The smallest absolute Gasteiger partial charge is 0.333 e. The monoisotopic (exact) mass is 366 g/mol. The molecule has 2 bridgehead atoms. The highest BCUT2D eigenvalue weighted by molar-refractivity contribution is 5.88. The Morgan fingerprint density at radius 2 is 1.92 bits per heavy atom. The number of hydrogen-bond acceptors (Lipinski definition) is 5. The molecule has 0 aromatic heterocycles. The van der Waals surface area contributed by atoms with Gasteiger partial charge in [-0.25, -0.2) is 4.79 Å². The number of carbonyl (C=O) groups excluding carboxylic acids is 1. The minimum absolute atomic E-state index is 0.201. The van der Waals surface area contributed by atoms with Gasteiger partial charge in [0, 0.05) is 5.57 Å². The zero-order valence-corrected chi connectivity index (χ0v) is 16.7. The third-order valence-electron chi connectivity index (χ3n) is 5.94. The van der Waals surface area contributed by atoms with Crippen molar-refractivity contribution in [2.24, 2.45) is 5.92 Å². The van der Waals surface area contributed by atoms with E-state index in [0.717, 1.165) is 0 Å². The van der Waals surface area contributed by atoms with E-state index in [4.69, 9.17) is 9.47 Å². The highest BCUT2D eigenvalue weighted by Crippen LogP contribution is 2.43. The highest BCUT2D eigenvalue weighted by atomic mass is 16.5. The summed E-state index contributed by atoms with van der Waals surface area (Å²) < 4.78 is 11.3. The standard InChI is InChI=1S/C21H34O5/c1-15(2)21-13-11-19(3,23)10-6-7-16(18(22)25-5)8-9-17(26-21)20(4,24)12-14-21/h7,11,13,15,17,23-24H,6,8-10,12,14H2,1-5H3/b13-11-,16-7+/t17-,19-,20-,21-/m0/s1. The van der Waals surface area contributed by atoms with E-state index in [0.29, 0.717) is 44.1 Å². The van der Waals surface area contributed by atoms with E-state index in [-0.39, 0.29) is 18.0 Å². The number of esters is 1. The number of aliphatic hydroxyl groups is 2. The first-order chi connectivity index (χ1) is 12.0. The Morgan fingerprint density at radius 1 is 1.23 bits per heavy atom. The summed E-state index contributed by atoms with van der Waals surface area (Å²) in [5, 5.41) is 21.5. The average Bonchev–Trinajstić information content (AvgIpc) is 2.56. The van der Waals surface area contributed by atoms with Crippen LogP contribution in [0.1, 0.15) is 66.2 Å². The molecule has 2 N–H and O–H groups in total. The fourth-order valence-electron chi connectivity index (χ4n) is 3.82. The zero-order chi connectivity index (χ0) is 19.6.